The largest absolute Gasteiger partial charge is 0.392 e. The standard InChI is InChI=1S/C17H23N3O2S/c1-11-2-3-13-14(9-18)17(23-15(13)8-11)19-16(22)5-7-20-6-4-12(21)10-20/h11-12,21H,2-8,10H2,1H3,(H,19,22)/t11?,12-/m0/s1. The highest BCUT2D eigenvalue weighted by atomic mass is 32.1. The minimum atomic E-state index is -0.255. The quantitative estimate of drug-likeness (QED) is 0.885. The number of hydrogen-bond acceptors (Lipinski definition) is 5. The molecule has 1 saturated heterocycles. The molecule has 2 aliphatic rings. The lowest BCUT2D eigenvalue weighted by Crippen LogP contribution is -2.26. The van der Waals surface area contributed by atoms with Crippen LogP contribution >= 0.6 is 11.3 Å². The molecule has 3 rings (SSSR count). The number of likely N-dealkylation sites (tertiary alicyclic amines) is 1. The van der Waals surface area contributed by atoms with Crippen molar-refractivity contribution in [2.24, 2.45) is 5.92 Å². The molecule has 6 heteroatoms. The van der Waals surface area contributed by atoms with Gasteiger partial charge in [0.1, 0.15) is 11.1 Å². The van der Waals surface area contributed by atoms with Crippen LogP contribution in [-0.4, -0.2) is 41.7 Å². The summed E-state index contributed by atoms with van der Waals surface area (Å²) in [4.78, 5) is 15.6. The number of aliphatic hydroxyl groups is 1. The van der Waals surface area contributed by atoms with Gasteiger partial charge >= 0.3 is 0 Å². The van der Waals surface area contributed by atoms with Crippen LogP contribution in [0.4, 0.5) is 5.00 Å². The number of nitrogens with one attached hydrogen (secondary N) is 1. The number of carbonyl (C=O) groups is 1. The number of anilines is 1. The molecule has 1 amide bonds. The fourth-order valence-electron chi connectivity index (χ4n) is 3.42. The molecule has 5 nitrogen and oxygen atoms in total. The predicted octanol–water partition coefficient (Wildman–Crippen LogP) is 2.14. The Labute approximate surface area is 140 Å². The van der Waals surface area contributed by atoms with E-state index >= 15 is 0 Å². The number of hydrogen-bond donors (Lipinski definition) is 2. The lowest BCUT2D eigenvalue weighted by molar-refractivity contribution is -0.116. The van der Waals surface area contributed by atoms with Crippen molar-refractivity contribution in [1.82, 2.24) is 4.90 Å². The third-order valence-corrected chi connectivity index (χ3v) is 5.95. The Bertz CT molecular complexity index is 635. The molecule has 0 radical (unpaired) electrons. The van der Waals surface area contributed by atoms with Crippen molar-refractivity contribution in [1.29, 1.82) is 5.26 Å². The van der Waals surface area contributed by atoms with Crippen molar-refractivity contribution in [2.45, 2.75) is 45.1 Å². The third kappa shape index (κ3) is 3.74. The molecule has 0 spiro atoms. The number of amides is 1. The second-order valence-electron chi connectivity index (χ2n) is 6.71. The van der Waals surface area contributed by atoms with E-state index < -0.39 is 0 Å². The zero-order valence-corrected chi connectivity index (χ0v) is 14.3. The fraction of sp³-hybridized carbons (Fsp3) is 0.647. The van der Waals surface area contributed by atoms with E-state index in [0.29, 0.717) is 31.0 Å². The van der Waals surface area contributed by atoms with E-state index in [2.05, 4.69) is 23.2 Å². The van der Waals surface area contributed by atoms with Gasteiger partial charge < -0.3 is 15.3 Å². The molecule has 1 unspecified atom stereocenters. The maximum Gasteiger partial charge on any atom is 0.226 e. The maximum absolute atomic E-state index is 12.2. The Kier molecular flexibility index (Phi) is 5.00. The molecule has 0 saturated carbocycles. The summed E-state index contributed by atoms with van der Waals surface area (Å²) in [6.45, 7) is 4.40. The molecular weight excluding hydrogens is 310 g/mol. The third-order valence-electron chi connectivity index (χ3n) is 4.78. The van der Waals surface area contributed by atoms with E-state index in [4.69, 9.17) is 0 Å². The number of β-amino-alcohol motifs (C(OH)–C–C–N with tert-alkyl or cyclic N) is 1. The Morgan fingerprint density at radius 1 is 1.52 bits per heavy atom. The first-order valence-corrected chi connectivity index (χ1v) is 9.13. The number of aliphatic hydroxyl groups excluding tert-OH is 1. The van der Waals surface area contributed by atoms with Crippen molar-refractivity contribution >= 4 is 22.2 Å². The van der Waals surface area contributed by atoms with Gasteiger partial charge in [-0.25, -0.2) is 0 Å². The lowest BCUT2D eigenvalue weighted by Gasteiger charge is -2.17. The van der Waals surface area contributed by atoms with Gasteiger partial charge in [0.25, 0.3) is 0 Å². The number of nitriles is 1. The summed E-state index contributed by atoms with van der Waals surface area (Å²) < 4.78 is 0. The van der Waals surface area contributed by atoms with Crippen LogP contribution in [0.2, 0.25) is 0 Å². The van der Waals surface area contributed by atoms with Gasteiger partial charge in [-0.05, 0) is 37.2 Å². The first-order valence-electron chi connectivity index (χ1n) is 8.31. The van der Waals surface area contributed by atoms with Gasteiger partial charge in [-0.3, -0.25) is 4.79 Å². The minimum Gasteiger partial charge on any atom is -0.392 e. The Balaban J connectivity index is 1.61. The predicted molar refractivity (Wildman–Crippen MR) is 90.5 cm³/mol. The number of nitrogens with zero attached hydrogens (tertiary/aromatic N) is 2. The van der Waals surface area contributed by atoms with Gasteiger partial charge in [0, 0.05) is 30.9 Å². The summed E-state index contributed by atoms with van der Waals surface area (Å²) in [5.74, 6) is 0.604. The van der Waals surface area contributed by atoms with Crippen molar-refractivity contribution in [3.05, 3.63) is 16.0 Å². The van der Waals surface area contributed by atoms with Crippen LogP contribution in [-0.2, 0) is 17.6 Å². The molecule has 0 bridgehead atoms. The average molecular weight is 333 g/mol. The summed E-state index contributed by atoms with van der Waals surface area (Å²) >= 11 is 1.57. The normalized spacial score (nSPS) is 24.2. The second-order valence-corrected chi connectivity index (χ2v) is 7.81. The number of thiophene rings is 1. The molecule has 2 N–H and O–H groups in total. The van der Waals surface area contributed by atoms with E-state index in [0.717, 1.165) is 42.8 Å². The van der Waals surface area contributed by atoms with Gasteiger partial charge in [0.05, 0.1) is 11.7 Å². The van der Waals surface area contributed by atoms with Gasteiger partial charge in [-0.1, -0.05) is 6.92 Å². The van der Waals surface area contributed by atoms with E-state index in [-0.39, 0.29) is 12.0 Å². The summed E-state index contributed by atoms with van der Waals surface area (Å²) in [6.07, 6.45) is 4.00. The average Bonchev–Trinajstić information content (AvgIpc) is 3.07. The van der Waals surface area contributed by atoms with Crippen LogP contribution in [0.25, 0.3) is 0 Å². The molecule has 1 aliphatic heterocycles. The van der Waals surface area contributed by atoms with Crippen molar-refractivity contribution in [3.8, 4) is 6.07 Å². The molecule has 2 atom stereocenters. The van der Waals surface area contributed by atoms with Crippen LogP contribution < -0.4 is 5.32 Å². The zero-order chi connectivity index (χ0) is 16.4. The Morgan fingerprint density at radius 3 is 3.04 bits per heavy atom. The van der Waals surface area contributed by atoms with Crippen LogP contribution in [0.3, 0.4) is 0 Å². The van der Waals surface area contributed by atoms with E-state index in [1.807, 2.05) is 0 Å². The van der Waals surface area contributed by atoms with Crippen molar-refractivity contribution < 1.29 is 9.90 Å². The Hall–Kier alpha value is -1.42. The fourth-order valence-corrected chi connectivity index (χ4v) is 4.80. The summed E-state index contributed by atoms with van der Waals surface area (Å²) in [5.41, 5.74) is 1.82. The molecule has 1 aromatic rings. The number of carbonyl (C=O) groups excluding carboxylic acids is 1. The first-order chi connectivity index (χ1) is 11.1. The maximum atomic E-state index is 12.2. The van der Waals surface area contributed by atoms with E-state index in [9.17, 15) is 15.2 Å². The summed E-state index contributed by atoms with van der Waals surface area (Å²) in [6, 6.07) is 2.28. The highest BCUT2D eigenvalue weighted by Gasteiger charge is 2.25. The monoisotopic (exact) mass is 333 g/mol. The highest BCUT2D eigenvalue weighted by Crippen LogP contribution is 2.39. The lowest BCUT2D eigenvalue weighted by atomic mass is 9.89. The van der Waals surface area contributed by atoms with Gasteiger partial charge in [-0.2, -0.15) is 5.26 Å². The smallest absolute Gasteiger partial charge is 0.226 e. The highest BCUT2D eigenvalue weighted by molar-refractivity contribution is 7.16. The molecule has 0 aromatic carbocycles. The molecule has 1 aromatic heterocycles. The zero-order valence-electron chi connectivity index (χ0n) is 13.5. The van der Waals surface area contributed by atoms with E-state index in [1.165, 1.54) is 4.88 Å². The molecule has 124 valence electrons. The molecular formula is C17H23N3O2S. The second kappa shape index (κ2) is 7.00. The summed E-state index contributed by atoms with van der Waals surface area (Å²) in [7, 11) is 0. The number of fused-ring (bicyclic) bond motifs is 1. The number of rotatable bonds is 4. The SMILES string of the molecule is CC1CCc2c(sc(NC(=O)CCN3CC[C@H](O)C3)c2C#N)C1. The van der Waals surface area contributed by atoms with E-state index in [1.54, 1.807) is 11.3 Å². The Morgan fingerprint density at radius 2 is 2.35 bits per heavy atom. The molecule has 2 heterocycles. The first kappa shape index (κ1) is 16.4. The van der Waals surface area contributed by atoms with Gasteiger partial charge in [0.15, 0.2) is 0 Å². The van der Waals surface area contributed by atoms with Crippen molar-refractivity contribution in [3.63, 3.8) is 0 Å². The van der Waals surface area contributed by atoms with Crippen LogP contribution in [0.15, 0.2) is 0 Å². The van der Waals surface area contributed by atoms with Crippen LogP contribution in [0, 0.1) is 17.2 Å². The minimum absolute atomic E-state index is 0.0467. The van der Waals surface area contributed by atoms with Gasteiger partial charge in [-0.15, -0.1) is 11.3 Å². The van der Waals surface area contributed by atoms with Gasteiger partial charge in [0.2, 0.25) is 5.91 Å². The van der Waals surface area contributed by atoms with Crippen LogP contribution in [0.1, 0.15) is 42.2 Å². The van der Waals surface area contributed by atoms with Crippen molar-refractivity contribution in [2.75, 3.05) is 25.0 Å². The molecule has 1 aliphatic carbocycles. The van der Waals surface area contributed by atoms with Crippen LogP contribution in [0.5, 0.6) is 0 Å². The molecule has 1 fully saturated rings. The molecule has 23 heavy (non-hydrogen) atoms. The summed E-state index contributed by atoms with van der Waals surface area (Å²) in [5, 5.41) is 22.6. The topological polar surface area (TPSA) is 76.4 Å².